The molecule has 0 aromatic rings. The zero-order valence-corrected chi connectivity index (χ0v) is 18.3. The first-order valence-corrected chi connectivity index (χ1v) is 10.0. The average Bonchev–Trinajstić information content (AvgIpc) is 2.65. The molecule has 0 aromatic carbocycles. The number of nitrogens with one attached hydrogen (secondary N) is 3. The first-order valence-electron chi connectivity index (χ1n) is 10.0. The van der Waals surface area contributed by atoms with Crippen molar-refractivity contribution in [2.45, 2.75) is 71.1 Å². The van der Waals surface area contributed by atoms with Crippen molar-refractivity contribution in [3.8, 4) is 0 Å². The molecular formula is C19H34N4O8. The molecule has 0 spiro atoms. The van der Waals surface area contributed by atoms with E-state index < -0.39 is 72.8 Å². The summed E-state index contributed by atoms with van der Waals surface area (Å²) in [5.74, 6) is -5.28. The van der Waals surface area contributed by atoms with Crippen LogP contribution in [0.5, 0.6) is 0 Å². The van der Waals surface area contributed by atoms with Gasteiger partial charge in [-0.1, -0.05) is 27.7 Å². The van der Waals surface area contributed by atoms with E-state index in [-0.39, 0.29) is 12.3 Å². The Kier molecular flexibility index (Phi) is 12.4. The predicted molar refractivity (Wildman–Crippen MR) is 110 cm³/mol. The molecule has 0 heterocycles. The summed E-state index contributed by atoms with van der Waals surface area (Å²) >= 11 is 0. The highest BCUT2D eigenvalue weighted by Crippen LogP contribution is 2.06. The second kappa shape index (κ2) is 13.5. The molecule has 0 rings (SSSR count). The number of carbonyl (C=O) groups excluding carboxylic acids is 3. The number of carboxylic acid groups (broad SMARTS) is 2. The molecule has 12 heteroatoms. The van der Waals surface area contributed by atoms with Crippen LogP contribution in [-0.4, -0.2) is 75.8 Å². The van der Waals surface area contributed by atoms with E-state index in [0.717, 1.165) is 0 Å². The van der Waals surface area contributed by atoms with Crippen molar-refractivity contribution in [2.24, 2.45) is 17.6 Å². The molecular weight excluding hydrogens is 412 g/mol. The average molecular weight is 447 g/mol. The van der Waals surface area contributed by atoms with Crippen LogP contribution < -0.4 is 21.7 Å². The number of amides is 3. The van der Waals surface area contributed by atoms with Gasteiger partial charge in [-0.25, -0.2) is 4.79 Å². The van der Waals surface area contributed by atoms with Gasteiger partial charge in [0.15, 0.2) is 0 Å². The summed E-state index contributed by atoms with van der Waals surface area (Å²) in [6.07, 6.45) is -0.432. The van der Waals surface area contributed by atoms with Gasteiger partial charge in [-0.3, -0.25) is 19.2 Å². The van der Waals surface area contributed by atoms with E-state index in [4.69, 9.17) is 10.8 Å². The molecule has 178 valence electrons. The quantitative estimate of drug-likeness (QED) is 0.164. The summed E-state index contributed by atoms with van der Waals surface area (Å²) in [5, 5.41) is 34.3. The van der Waals surface area contributed by atoms with Gasteiger partial charge in [-0.2, -0.15) is 0 Å². The van der Waals surface area contributed by atoms with Gasteiger partial charge in [0.1, 0.15) is 18.1 Å². The maximum atomic E-state index is 12.5. The van der Waals surface area contributed by atoms with E-state index in [9.17, 15) is 34.2 Å². The van der Waals surface area contributed by atoms with E-state index in [2.05, 4.69) is 16.0 Å². The lowest BCUT2D eigenvalue weighted by molar-refractivity contribution is -0.143. The highest BCUT2D eigenvalue weighted by molar-refractivity contribution is 5.94. The van der Waals surface area contributed by atoms with Crippen LogP contribution in [0.15, 0.2) is 0 Å². The van der Waals surface area contributed by atoms with Crippen molar-refractivity contribution in [3.05, 3.63) is 0 Å². The molecule has 4 atom stereocenters. The number of hydrogen-bond acceptors (Lipinski definition) is 7. The molecule has 0 aromatic heterocycles. The Balaban J connectivity index is 5.17. The highest BCUT2D eigenvalue weighted by atomic mass is 16.4. The number of aliphatic hydroxyl groups is 1. The molecule has 0 saturated carbocycles. The fourth-order valence-corrected chi connectivity index (χ4v) is 2.66. The first-order chi connectivity index (χ1) is 14.3. The summed E-state index contributed by atoms with van der Waals surface area (Å²) < 4.78 is 0. The second-order valence-electron chi connectivity index (χ2n) is 8.04. The predicted octanol–water partition coefficient (Wildman–Crippen LogP) is -1.59. The van der Waals surface area contributed by atoms with E-state index in [0.29, 0.717) is 6.42 Å². The number of nitrogens with two attached hydrogens (primary N) is 1. The van der Waals surface area contributed by atoms with Crippen LogP contribution in [0.25, 0.3) is 0 Å². The molecule has 12 nitrogen and oxygen atoms in total. The normalized spacial score (nSPS) is 15.0. The SMILES string of the molecule is CC(C)C[C@H](N)C(=O)N[C@@H](CO)C(=O)N[C@H](C(=O)N[C@@H](CCC(=O)O)C(=O)O)C(C)C. The minimum atomic E-state index is -1.45. The van der Waals surface area contributed by atoms with E-state index in [1.807, 2.05) is 13.8 Å². The molecule has 0 fully saturated rings. The van der Waals surface area contributed by atoms with E-state index >= 15 is 0 Å². The topological polar surface area (TPSA) is 208 Å². The number of aliphatic carboxylic acids is 2. The Bertz CT molecular complexity index is 653. The zero-order chi connectivity index (χ0) is 24.3. The summed E-state index contributed by atoms with van der Waals surface area (Å²) in [6.45, 7) is 6.20. The fraction of sp³-hybridized carbons (Fsp3) is 0.737. The molecule has 0 aliphatic carbocycles. The van der Waals surface area contributed by atoms with E-state index in [1.165, 1.54) is 0 Å². The second-order valence-corrected chi connectivity index (χ2v) is 8.04. The fourth-order valence-electron chi connectivity index (χ4n) is 2.66. The Labute approximate surface area is 180 Å². The van der Waals surface area contributed by atoms with Crippen LogP contribution in [0, 0.1) is 11.8 Å². The number of carbonyl (C=O) groups is 5. The minimum absolute atomic E-state index is 0.138. The third kappa shape index (κ3) is 10.7. The van der Waals surface area contributed by atoms with Crippen LogP contribution in [-0.2, 0) is 24.0 Å². The first kappa shape index (κ1) is 28.3. The van der Waals surface area contributed by atoms with Gasteiger partial charge < -0.3 is 37.0 Å². The number of carboxylic acids is 2. The Hall–Kier alpha value is -2.73. The molecule has 0 radical (unpaired) electrons. The maximum absolute atomic E-state index is 12.5. The van der Waals surface area contributed by atoms with Crippen molar-refractivity contribution < 1.29 is 39.3 Å². The number of aliphatic hydroxyl groups excluding tert-OH is 1. The zero-order valence-electron chi connectivity index (χ0n) is 18.3. The lowest BCUT2D eigenvalue weighted by atomic mass is 10.0. The maximum Gasteiger partial charge on any atom is 0.326 e. The Morgan fingerprint density at radius 1 is 0.839 bits per heavy atom. The van der Waals surface area contributed by atoms with Crippen molar-refractivity contribution >= 4 is 29.7 Å². The van der Waals surface area contributed by atoms with Crippen molar-refractivity contribution in [2.75, 3.05) is 6.61 Å². The largest absolute Gasteiger partial charge is 0.481 e. The van der Waals surface area contributed by atoms with Crippen molar-refractivity contribution in [1.82, 2.24) is 16.0 Å². The number of hydrogen-bond donors (Lipinski definition) is 7. The summed E-state index contributed by atoms with van der Waals surface area (Å²) in [6, 6.07) is -4.88. The lowest BCUT2D eigenvalue weighted by Crippen LogP contribution is -2.59. The standard InChI is InChI=1S/C19H34N4O8/c1-9(2)7-11(20)16(27)22-13(8-24)17(28)23-15(10(3)4)18(29)21-12(19(30)31)5-6-14(25)26/h9-13,15,24H,5-8,20H2,1-4H3,(H,21,29)(H,22,27)(H,23,28)(H,25,26)(H,30,31)/t11-,12-,13-,15-/m0/s1. The monoisotopic (exact) mass is 446 g/mol. The minimum Gasteiger partial charge on any atom is -0.481 e. The van der Waals surface area contributed by atoms with Crippen LogP contribution >= 0.6 is 0 Å². The van der Waals surface area contributed by atoms with Crippen molar-refractivity contribution in [1.29, 1.82) is 0 Å². The Morgan fingerprint density at radius 3 is 1.81 bits per heavy atom. The molecule has 0 aliphatic rings. The summed E-state index contributed by atoms with van der Waals surface area (Å²) in [4.78, 5) is 59.1. The summed E-state index contributed by atoms with van der Waals surface area (Å²) in [5.41, 5.74) is 5.77. The van der Waals surface area contributed by atoms with Gasteiger partial charge in [-0.05, 0) is 24.7 Å². The molecule has 0 bridgehead atoms. The Morgan fingerprint density at radius 2 is 1.39 bits per heavy atom. The van der Waals surface area contributed by atoms with Gasteiger partial charge in [0, 0.05) is 6.42 Å². The summed E-state index contributed by atoms with van der Waals surface area (Å²) in [7, 11) is 0. The molecule has 3 amide bonds. The molecule has 0 saturated heterocycles. The highest BCUT2D eigenvalue weighted by Gasteiger charge is 2.31. The number of rotatable bonds is 14. The van der Waals surface area contributed by atoms with Gasteiger partial charge in [0.05, 0.1) is 12.6 Å². The van der Waals surface area contributed by atoms with Crippen LogP contribution in [0.1, 0.15) is 47.0 Å². The molecule has 8 N–H and O–H groups in total. The van der Waals surface area contributed by atoms with Crippen LogP contribution in [0.2, 0.25) is 0 Å². The van der Waals surface area contributed by atoms with Crippen molar-refractivity contribution in [3.63, 3.8) is 0 Å². The van der Waals surface area contributed by atoms with Gasteiger partial charge in [0.2, 0.25) is 17.7 Å². The van der Waals surface area contributed by atoms with E-state index in [1.54, 1.807) is 13.8 Å². The van der Waals surface area contributed by atoms with Crippen LogP contribution in [0.4, 0.5) is 0 Å². The lowest BCUT2D eigenvalue weighted by Gasteiger charge is -2.26. The molecule has 0 unspecified atom stereocenters. The smallest absolute Gasteiger partial charge is 0.326 e. The molecule has 0 aliphatic heterocycles. The van der Waals surface area contributed by atoms with Gasteiger partial charge in [0.25, 0.3) is 0 Å². The van der Waals surface area contributed by atoms with Gasteiger partial charge >= 0.3 is 11.9 Å². The third-order valence-corrected chi connectivity index (χ3v) is 4.39. The third-order valence-electron chi connectivity index (χ3n) is 4.39. The van der Waals surface area contributed by atoms with Gasteiger partial charge in [-0.15, -0.1) is 0 Å². The molecule has 31 heavy (non-hydrogen) atoms. The van der Waals surface area contributed by atoms with Crippen LogP contribution in [0.3, 0.4) is 0 Å².